The summed E-state index contributed by atoms with van der Waals surface area (Å²) in [5.74, 6) is -0.490. The van der Waals surface area contributed by atoms with Gasteiger partial charge in [-0.2, -0.15) is 0 Å². The number of carbonyl (C=O) groups is 1. The van der Waals surface area contributed by atoms with E-state index in [1.54, 1.807) is 0 Å². The molecule has 0 saturated heterocycles. The van der Waals surface area contributed by atoms with Gasteiger partial charge < -0.3 is 24.0 Å². The Morgan fingerprint density at radius 2 is 1.30 bits per heavy atom. The van der Waals surface area contributed by atoms with Crippen molar-refractivity contribution in [1.29, 1.82) is 0 Å². The number of Topliss-reactive ketones (excluding diaryl/α,β-unsaturated/α-hetero) is 1. The van der Waals surface area contributed by atoms with Gasteiger partial charge in [0.15, 0.2) is 11.9 Å². The maximum absolute atomic E-state index is 12.7. The number of likely N-dealkylation sites (N-methyl/N-ethyl adjacent to an activating group) is 1. The van der Waals surface area contributed by atoms with E-state index in [2.05, 4.69) is 0 Å². The van der Waals surface area contributed by atoms with Crippen LogP contribution in [0.15, 0.2) is 91.0 Å². The molecule has 0 amide bonds. The fraction of sp³-hybridized carbons (Fsp3) is 0.367. The minimum Gasteiger partial charge on any atom is -0.388 e. The zero-order valence-corrected chi connectivity index (χ0v) is 24.3. The lowest BCUT2D eigenvalue weighted by Gasteiger charge is -2.36. The SMILES string of the molecule is COCC(=O)C(C[N+](C)(C)C)OP(=O)(O)OC[C@H](O)COC(c1ccccc1)(c1ccccc1)c1ccccc1. The van der Waals surface area contributed by atoms with Gasteiger partial charge in [-0.15, -0.1) is 0 Å². The van der Waals surface area contributed by atoms with Gasteiger partial charge in [0.2, 0.25) is 0 Å². The summed E-state index contributed by atoms with van der Waals surface area (Å²) in [7, 11) is 2.10. The summed E-state index contributed by atoms with van der Waals surface area (Å²) < 4.78 is 34.8. The molecule has 0 spiro atoms. The van der Waals surface area contributed by atoms with E-state index in [0.29, 0.717) is 4.48 Å². The standard InChI is InChI=1S/C30H38NO8P/c1-31(2,3)20-29(28(33)23-36-4)39-40(34,35)38-22-27(32)21-37-30(24-14-8-5-9-15-24,25-16-10-6-11-17-25)26-18-12-7-13-19-26/h5-19,27,29,32H,20-23H2,1-4H3/p+1/t27-,29?/m1/s1. The minimum atomic E-state index is -4.71. The van der Waals surface area contributed by atoms with Gasteiger partial charge in [0.1, 0.15) is 24.9 Å². The number of phosphoric acid groups is 1. The molecule has 10 heteroatoms. The molecular weight excluding hydrogens is 533 g/mol. The monoisotopic (exact) mass is 572 g/mol. The van der Waals surface area contributed by atoms with Gasteiger partial charge in [0, 0.05) is 7.11 Å². The Morgan fingerprint density at radius 3 is 1.70 bits per heavy atom. The van der Waals surface area contributed by atoms with E-state index in [9.17, 15) is 19.4 Å². The molecule has 0 bridgehead atoms. The molecule has 9 nitrogen and oxygen atoms in total. The molecule has 0 heterocycles. The highest BCUT2D eigenvalue weighted by molar-refractivity contribution is 7.47. The van der Waals surface area contributed by atoms with E-state index in [-0.39, 0.29) is 19.8 Å². The fourth-order valence-corrected chi connectivity index (χ4v) is 5.26. The fourth-order valence-electron chi connectivity index (χ4n) is 4.34. The average Bonchev–Trinajstić information content (AvgIpc) is 2.93. The quantitative estimate of drug-likeness (QED) is 0.152. The van der Waals surface area contributed by atoms with Crippen LogP contribution in [0.2, 0.25) is 0 Å². The summed E-state index contributed by atoms with van der Waals surface area (Å²) in [6.45, 7) is -0.946. The van der Waals surface area contributed by atoms with Crippen molar-refractivity contribution in [3.8, 4) is 0 Å². The zero-order valence-electron chi connectivity index (χ0n) is 23.4. The Morgan fingerprint density at radius 1 is 0.850 bits per heavy atom. The second kappa shape index (κ2) is 14.3. The molecule has 0 saturated carbocycles. The predicted molar refractivity (Wildman–Crippen MR) is 152 cm³/mol. The third-order valence-corrected chi connectivity index (χ3v) is 7.08. The molecule has 40 heavy (non-hydrogen) atoms. The van der Waals surface area contributed by atoms with Gasteiger partial charge in [0.05, 0.1) is 34.4 Å². The number of nitrogens with zero attached hydrogens (tertiary/aromatic N) is 1. The van der Waals surface area contributed by atoms with Crippen LogP contribution in [0.25, 0.3) is 0 Å². The lowest BCUT2D eigenvalue weighted by molar-refractivity contribution is -0.872. The van der Waals surface area contributed by atoms with Gasteiger partial charge in [0.25, 0.3) is 0 Å². The highest BCUT2D eigenvalue weighted by atomic mass is 31.2. The molecule has 2 N–H and O–H groups in total. The average molecular weight is 573 g/mol. The molecule has 3 aromatic rings. The molecule has 216 valence electrons. The summed E-state index contributed by atoms with van der Waals surface area (Å²) in [5, 5.41) is 10.8. The first kappa shape index (κ1) is 31.8. The molecule has 3 rings (SSSR count). The first-order valence-corrected chi connectivity index (χ1v) is 14.4. The summed E-state index contributed by atoms with van der Waals surface area (Å²) in [6.07, 6.45) is -2.52. The second-order valence-corrected chi connectivity index (χ2v) is 11.9. The second-order valence-electron chi connectivity index (χ2n) is 10.5. The number of carbonyl (C=O) groups excluding carboxylic acids is 1. The van der Waals surface area contributed by atoms with Crippen LogP contribution in [-0.4, -0.2) is 87.1 Å². The number of hydrogen-bond acceptors (Lipinski definition) is 7. The van der Waals surface area contributed by atoms with Crippen LogP contribution in [0, 0.1) is 0 Å². The van der Waals surface area contributed by atoms with E-state index >= 15 is 0 Å². The number of hydrogen-bond donors (Lipinski definition) is 2. The summed E-state index contributed by atoms with van der Waals surface area (Å²) in [6, 6.07) is 28.9. The number of aliphatic hydroxyl groups excluding tert-OH is 1. The van der Waals surface area contributed by atoms with Crippen molar-refractivity contribution in [2.45, 2.75) is 17.8 Å². The number of aliphatic hydroxyl groups is 1. The topological polar surface area (TPSA) is 112 Å². The summed E-state index contributed by atoms with van der Waals surface area (Å²) in [4.78, 5) is 22.8. The smallest absolute Gasteiger partial charge is 0.388 e. The Hall–Kier alpha value is -2.72. The van der Waals surface area contributed by atoms with E-state index in [0.717, 1.165) is 16.7 Å². The highest BCUT2D eigenvalue weighted by Gasteiger charge is 2.39. The molecule has 0 radical (unpaired) electrons. The van der Waals surface area contributed by atoms with Gasteiger partial charge in [-0.05, 0) is 16.7 Å². The third kappa shape index (κ3) is 8.89. The number of rotatable bonds is 16. The maximum atomic E-state index is 12.7. The van der Waals surface area contributed by atoms with Gasteiger partial charge in [-0.3, -0.25) is 13.8 Å². The van der Waals surface area contributed by atoms with Crippen molar-refractivity contribution in [2.75, 3.05) is 54.6 Å². The molecular formula is C30H39NO8P+. The Balaban J connectivity index is 1.79. The number of ketones is 1. The van der Waals surface area contributed by atoms with Crippen molar-refractivity contribution >= 4 is 13.6 Å². The molecule has 3 aromatic carbocycles. The third-order valence-electron chi connectivity index (χ3n) is 6.08. The Labute approximate surface area is 236 Å². The van der Waals surface area contributed by atoms with Crippen molar-refractivity contribution in [3.05, 3.63) is 108 Å². The van der Waals surface area contributed by atoms with Crippen LogP contribution < -0.4 is 0 Å². The summed E-state index contributed by atoms with van der Waals surface area (Å²) >= 11 is 0. The van der Waals surface area contributed by atoms with E-state index < -0.39 is 38.0 Å². The zero-order chi connectivity index (χ0) is 29.2. The van der Waals surface area contributed by atoms with Crippen molar-refractivity contribution < 1.29 is 42.4 Å². The molecule has 0 aliphatic rings. The lowest BCUT2D eigenvalue weighted by Crippen LogP contribution is -2.46. The predicted octanol–water partition coefficient (Wildman–Crippen LogP) is 3.78. The number of quaternary nitrogens is 1. The number of ether oxygens (including phenoxy) is 2. The largest absolute Gasteiger partial charge is 0.473 e. The van der Waals surface area contributed by atoms with Crippen LogP contribution in [0.4, 0.5) is 0 Å². The molecule has 2 unspecified atom stereocenters. The highest BCUT2D eigenvalue weighted by Crippen LogP contribution is 2.45. The van der Waals surface area contributed by atoms with Crippen LogP contribution in [-0.2, 0) is 33.5 Å². The first-order chi connectivity index (χ1) is 19.0. The maximum Gasteiger partial charge on any atom is 0.473 e. The van der Waals surface area contributed by atoms with Crippen molar-refractivity contribution in [1.82, 2.24) is 0 Å². The van der Waals surface area contributed by atoms with Crippen molar-refractivity contribution in [2.24, 2.45) is 0 Å². The van der Waals surface area contributed by atoms with E-state index in [1.165, 1.54) is 7.11 Å². The minimum absolute atomic E-state index is 0.121. The van der Waals surface area contributed by atoms with E-state index in [4.69, 9.17) is 18.5 Å². The van der Waals surface area contributed by atoms with Crippen LogP contribution in [0.3, 0.4) is 0 Å². The lowest BCUT2D eigenvalue weighted by atomic mass is 9.80. The molecule has 3 atom stereocenters. The Kier molecular flexibility index (Phi) is 11.3. The molecule has 0 aromatic heterocycles. The van der Waals surface area contributed by atoms with Crippen molar-refractivity contribution in [3.63, 3.8) is 0 Å². The number of phosphoric ester groups is 1. The Bertz CT molecular complexity index is 1140. The van der Waals surface area contributed by atoms with Crippen LogP contribution >= 0.6 is 7.82 Å². The summed E-state index contributed by atoms with van der Waals surface area (Å²) in [5.41, 5.74) is 1.45. The van der Waals surface area contributed by atoms with Gasteiger partial charge >= 0.3 is 7.82 Å². The van der Waals surface area contributed by atoms with Crippen LogP contribution in [0.1, 0.15) is 16.7 Å². The normalized spacial score (nSPS) is 15.2. The molecule has 0 aliphatic carbocycles. The van der Waals surface area contributed by atoms with Crippen LogP contribution in [0.5, 0.6) is 0 Å². The molecule has 0 fully saturated rings. The first-order valence-electron chi connectivity index (χ1n) is 12.9. The van der Waals surface area contributed by atoms with E-state index in [1.807, 2.05) is 112 Å². The number of benzene rings is 3. The van der Waals surface area contributed by atoms with Gasteiger partial charge in [-0.25, -0.2) is 4.57 Å². The van der Waals surface area contributed by atoms with Gasteiger partial charge in [-0.1, -0.05) is 91.0 Å². The number of methoxy groups -OCH3 is 1. The molecule has 0 aliphatic heterocycles.